The fraction of sp³-hybridized carbons (Fsp3) is 0.500. The monoisotopic (exact) mass is 251 g/mol. The van der Waals surface area contributed by atoms with Gasteiger partial charge in [-0.25, -0.2) is 0 Å². The van der Waals surface area contributed by atoms with Gasteiger partial charge in [0.2, 0.25) is 0 Å². The zero-order valence-corrected chi connectivity index (χ0v) is 11.9. The van der Waals surface area contributed by atoms with Crippen molar-refractivity contribution in [2.75, 3.05) is 24.0 Å². The second-order valence-corrected chi connectivity index (χ2v) is 5.33. The Hall–Kier alpha value is -0.960. The lowest BCUT2D eigenvalue weighted by Gasteiger charge is -2.27. The van der Waals surface area contributed by atoms with Gasteiger partial charge in [0.05, 0.1) is 0 Å². The van der Waals surface area contributed by atoms with Gasteiger partial charge in [-0.2, -0.15) is 11.8 Å². The van der Waals surface area contributed by atoms with Crippen LogP contribution >= 0.6 is 11.8 Å². The van der Waals surface area contributed by atoms with Crippen LogP contribution in [0.25, 0.3) is 0 Å². The molecule has 0 saturated carbocycles. The first kappa shape index (κ1) is 14.1. The van der Waals surface area contributed by atoms with Gasteiger partial charge < -0.3 is 4.90 Å². The molecule has 0 aromatic heterocycles. The molecule has 3 heteroatoms. The minimum atomic E-state index is 0.120. The number of Topliss-reactive ketones (excluding diaryl/α,β-unsaturated/α-hetero) is 1. The van der Waals surface area contributed by atoms with Gasteiger partial charge in [0.25, 0.3) is 0 Å². The Labute approximate surface area is 108 Å². The van der Waals surface area contributed by atoms with Crippen LogP contribution < -0.4 is 4.90 Å². The fourth-order valence-corrected chi connectivity index (χ4v) is 2.24. The molecular weight excluding hydrogens is 230 g/mol. The molecule has 0 fully saturated rings. The summed E-state index contributed by atoms with van der Waals surface area (Å²) in [6.45, 7) is 3.83. The summed E-state index contributed by atoms with van der Waals surface area (Å²) >= 11 is 1.88. The summed E-state index contributed by atoms with van der Waals surface area (Å²) in [4.78, 5) is 13.4. The van der Waals surface area contributed by atoms with Gasteiger partial charge in [-0.05, 0) is 56.5 Å². The molecule has 94 valence electrons. The van der Waals surface area contributed by atoms with E-state index in [2.05, 4.69) is 25.1 Å². The number of carbonyl (C=O) groups excluding carboxylic acids is 1. The molecule has 1 aromatic carbocycles. The summed E-state index contributed by atoms with van der Waals surface area (Å²) in [5.74, 6) is 1.30. The number of ketones is 1. The van der Waals surface area contributed by atoms with E-state index < -0.39 is 0 Å². The Morgan fingerprint density at radius 1 is 1.35 bits per heavy atom. The van der Waals surface area contributed by atoms with E-state index in [1.807, 2.05) is 36.0 Å². The lowest BCUT2D eigenvalue weighted by molar-refractivity contribution is 0.101. The van der Waals surface area contributed by atoms with Crippen molar-refractivity contribution in [2.24, 2.45) is 0 Å². The summed E-state index contributed by atoms with van der Waals surface area (Å²) in [6, 6.07) is 8.36. The molecule has 0 bridgehead atoms. The van der Waals surface area contributed by atoms with Crippen LogP contribution in [0.15, 0.2) is 24.3 Å². The van der Waals surface area contributed by atoms with Crippen molar-refractivity contribution in [3.05, 3.63) is 29.8 Å². The van der Waals surface area contributed by atoms with Gasteiger partial charge >= 0.3 is 0 Å². The second-order valence-electron chi connectivity index (χ2n) is 4.34. The lowest BCUT2D eigenvalue weighted by atomic mass is 10.1. The lowest BCUT2D eigenvalue weighted by Crippen LogP contribution is -2.29. The predicted molar refractivity (Wildman–Crippen MR) is 77.3 cm³/mol. The van der Waals surface area contributed by atoms with Crippen LogP contribution in [0.4, 0.5) is 5.69 Å². The summed E-state index contributed by atoms with van der Waals surface area (Å²) < 4.78 is 0. The molecule has 0 radical (unpaired) electrons. The number of hydrogen-bond acceptors (Lipinski definition) is 3. The molecule has 0 spiro atoms. The van der Waals surface area contributed by atoms with E-state index in [4.69, 9.17) is 0 Å². The molecule has 1 rings (SSSR count). The van der Waals surface area contributed by atoms with Crippen LogP contribution in [-0.2, 0) is 0 Å². The van der Waals surface area contributed by atoms with Crippen molar-refractivity contribution in [3.63, 3.8) is 0 Å². The van der Waals surface area contributed by atoms with Crippen LogP contribution in [0.2, 0.25) is 0 Å². The van der Waals surface area contributed by atoms with E-state index in [1.54, 1.807) is 6.92 Å². The number of anilines is 1. The van der Waals surface area contributed by atoms with Crippen LogP contribution in [0.5, 0.6) is 0 Å². The Balaban J connectivity index is 2.68. The van der Waals surface area contributed by atoms with Crippen molar-refractivity contribution in [3.8, 4) is 0 Å². The third kappa shape index (κ3) is 4.08. The van der Waals surface area contributed by atoms with Gasteiger partial charge in [-0.15, -0.1) is 0 Å². The minimum absolute atomic E-state index is 0.120. The quantitative estimate of drug-likeness (QED) is 0.722. The van der Waals surface area contributed by atoms with Crippen molar-refractivity contribution in [1.82, 2.24) is 0 Å². The molecular formula is C14H21NOS. The van der Waals surface area contributed by atoms with E-state index in [0.717, 1.165) is 5.56 Å². The second kappa shape index (κ2) is 6.70. The maximum atomic E-state index is 11.2. The highest BCUT2D eigenvalue weighted by atomic mass is 32.2. The van der Waals surface area contributed by atoms with Crippen molar-refractivity contribution < 1.29 is 4.79 Å². The van der Waals surface area contributed by atoms with Crippen LogP contribution in [0, 0.1) is 0 Å². The van der Waals surface area contributed by atoms with E-state index in [0.29, 0.717) is 6.04 Å². The summed E-state index contributed by atoms with van der Waals surface area (Å²) in [7, 11) is 2.10. The van der Waals surface area contributed by atoms with Crippen LogP contribution in [0.1, 0.15) is 30.6 Å². The molecule has 0 amide bonds. The summed E-state index contributed by atoms with van der Waals surface area (Å²) in [5.41, 5.74) is 1.95. The number of thioether (sulfide) groups is 1. The molecule has 0 heterocycles. The molecule has 17 heavy (non-hydrogen) atoms. The molecule has 0 aliphatic rings. The molecule has 0 aliphatic heterocycles. The van der Waals surface area contributed by atoms with E-state index in [9.17, 15) is 4.79 Å². The third-order valence-electron chi connectivity index (χ3n) is 3.08. The van der Waals surface area contributed by atoms with Crippen LogP contribution in [0.3, 0.4) is 0 Å². The maximum Gasteiger partial charge on any atom is 0.159 e. The average Bonchev–Trinajstić information content (AvgIpc) is 2.35. The number of nitrogens with zero attached hydrogens (tertiary/aromatic N) is 1. The normalized spacial score (nSPS) is 12.2. The van der Waals surface area contributed by atoms with Crippen molar-refractivity contribution >= 4 is 23.2 Å². The molecule has 0 aliphatic carbocycles. The highest BCUT2D eigenvalue weighted by Gasteiger charge is 2.09. The van der Waals surface area contributed by atoms with E-state index in [1.165, 1.54) is 17.9 Å². The Morgan fingerprint density at radius 3 is 2.41 bits per heavy atom. The zero-order chi connectivity index (χ0) is 12.8. The Kier molecular flexibility index (Phi) is 5.56. The zero-order valence-electron chi connectivity index (χ0n) is 11.1. The highest BCUT2D eigenvalue weighted by Crippen LogP contribution is 2.18. The van der Waals surface area contributed by atoms with Gasteiger partial charge in [0, 0.05) is 24.3 Å². The average molecular weight is 251 g/mol. The number of hydrogen-bond donors (Lipinski definition) is 0. The third-order valence-corrected chi connectivity index (χ3v) is 3.73. The fourth-order valence-electron chi connectivity index (χ4n) is 1.67. The molecule has 1 atom stereocenters. The number of benzene rings is 1. The highest BCUT2D eigenvalue weighted by molar-refractivity contribution is 7.98. The first-order valence-electron chi connectivity index (χ1n) is 5.89. The Morgan fingerprint density at radius 2 is 1.94 bits per heavy atom. The topological polar surface area (TPSA) is 20.3 Å². The predicted octanol–water partition coefficient (Wildman–Crippen LogP) is 3.47. The Bertz CT molecular complexity index is 361. The van der Waals surface area contributed by atoms with Gasteiger partial charge in [-0.1, -0.05) is 0 Å². The first-order chi connectivity index (χ1) is 8.06. The molecule has 1 unspecified atom stereocenters. The smallest absolute Gasteiger partial charge is 0.159 e. The van der Waals surface area contributed by atoms with Gasteiger partial charge in [-0.3, -0.25) is 4.79 Å². The SMILES string of the molecule is CSCCC(C)N(C)c1ccc(C(C)=O)cc1. The summed E-state index contributed by atoms with van der Waals surface area (Å²) in [6.07, 6.45) is 3.31. The first-order valence-corrected chi connectivity index (χ1v) is 7.28. The number of carbonyl (C=O) groups is 1. The summed E-state index contributed by atoms with van der Waals surface area (Å²) in [5, 5.41) is 0. The van der Waals surface area contributed by atoms with Crippen molar-refractivity contribution in [1.29, 1.82) is 0 Å². The van der Waals surface area contributed by atoms with E-state index >= 15 is 0 Å². The largest absolute Gasteiger partial charge is 0.372 e. The molecule has 0 saturated heterocycles. The van der Waals surface area contributed by atoms with Gasteiger partial charge in [0.1, 0.15) is 0 Å². The maximum absolute atomic E-state index is 11.2. The number of rotatable bonds is 6. The standard InChI is InChI=1S/C14H21NOS/c1-11(9-10-17-4)15(3)14-7-5-13(6-8-14)12(2)16/h5-8,11H,9-10H2,1-4H3. The molecule has 2 nitrogen and oxygen atoms in total. The minimum Gasteiger partial charge on any atom is -0.372 e. The van der Waals surface area contributed by atoms with Gasteiger partial charge in [0.15, 0.2) is 5.78 Å². The molecule has 0 N–H and O–H groups in total. The van der Waals surface area contributed by atoms with Crippen molar-refractivity contribution in [2.45, 2.75) is 26.3 Å². The molecule has 1 aromatic rings. The van der Waals surface area contributed by atoms with Crippen LogP contribution in [-0.4, -0.2) is 30.9 Å². The van der Waals surface area contributed by atoms with E-state index in [-0.39, 0.29) is 5.78 Å².